The minimum atomic E-state index is -0.647. The fourth-order valence-corrected chi connectivity index (χ4v) is 2.98. The summed E-state index contributed by atoms with van der Waals surface area (Å²) >= 11 is 6.01. The van der Waals surface area contributed by atoms with Gasteiger partial charge in [0.05, 0.1) is 6.54 Å². The van der Waals surface area contributed by atoms with Crippen molar-refractivity contribution in [1.29, 1.82) is 0 Å². The summed E-state index contributed by atoms with van der Waals surface area (Å²) in [7, 11) is 0. The van der Waals surface area contributed by atoms with E-state index in [0.717, 1.165) is 10.5 Å². The molecule has 0 radical (unpaired) electrons. The van der Waals surface area contributed by atoms with Crippen LogP contribution in [0, 0.1) is 12.7 Å². The quantitative estimate of drug-likeness (QED) is 0.783. The number of halogens is 2. The molecule has 1 atom stereocenters. The molecule has 0 saturated carbocycles. The molecule has 1 saturated heterocycles. The Hall–Kier alpha value is -2.40. The first-order valence-electron chi connectivity index (χ1n) is 7.54. The van der Waals surface area contributed by atoms with Crippen molar-refractivity contribution in [2.45, 2.75) is 26.4 Å². The molecule has 0 N–H and O–H groups in total. The van der Waals surface area contributed by atoms with Crippen LogP contribution in [0.5, 0.6) is 0 Å². The highest BCUT2D eigenvalue weighted by Gasteiger charge is 2.43. The van der Waals surface area contributed by atoms with Crippen molar-refractivity contribution >= 4 is 29.2 Å². The van der Waals surface area contributed by atoms with E-state index in [2.05, 4.69) is 0 Å². The van der Waals surface area contributed by atoms with Crippen LogP contribution < -0.4 is 4.90 Å². The molecule has 0 bridgehead atoms. The topological polar surface area (TPSA) is 40.6 Å². The first kappa shape index (κ1) is 16.5. The van der Waals surface area contributed by atoms with Crippen molar-refractivity contribution in [2.24, 2.45) is 0 Å². The van der Waals surface area contributed by atoms with Gasteiger partial charge < -0.3 is 0 Å². The molecule has 1 aliphatic rings. The van der Waals surface area contributed by atoms with E-state index in [9.17, 15) is 14.0 Å². The Bertz CT molecular complexity index is 787. The summed E-state index contributed by atoms with van der Waals surface area (Å²) < 4.78 is 14.0. The standard InChI is InChI=1S/C18H16ClFN2O2/c1-11-6-8-13(9-7-11)22-12(2)17(23)21(18(22)24)10-14-15(19)4-3-5-16(14)20/h3-9,12H,10H2,1-2H3/t12-/m1/s1. The van der Waals surface area contributed by atoms with E-state index in [0.29, 0.717) is 5.69 Å². The average molecular weight is 347 g/mol. The van der Waals surface area contributed by atoms with Gasteiger partial charge in [-0.25, -0.2) is 9.18 Å². The van der Waals surface area contributed by atoms with E-state index >= 15 is 0 Å². The van der Waals surface area contributed by atoms with E-state index in [1.807, 2.05) is 19.1 Å². The lowest BCUT2D eigenvalue weighted by Gasteiger charge is -2.19. The Labute approximate surface area is 144 Å². The number of rotatable bonds is 3. The number of amides is 3. The number of anilines is 1. The fourth-order valence-electron chi connectivity index (χ4n) is 2.75. The van der Waals surface area contributed by atoms with Gasteiger partial charge in [0.15, 0.2) is 0 Å². The SMILES string of the molecule is Cc1ccc(N2C(=O)N(Cc3c(F)cccc3Cl)C(=O)[C@H]2C)cc1. The van der Waals surface area contributed by atoms with Gasteiger partial charge in [0.1, 0.15) is 11.9 Å². The molecule has 24 heavy (non-hydrogen) atoms. The Morgan fingerprint density at radius 1 is 1.12 bits per heavy atom. The number of imide groups is 1. The smallest absolute Gasteiger partial charge is 0.282 e. The van der Waals surface area contributed by atoms with Crippen LogP contribution in [0.25, 0.3) is 0 Å². The van der Waals surface area contributed by atoms with Gasteiger partial charge in [0.25, 0.3) is 5.91 Å². The number of carbonyl (C=O) groups excluding carboxylic acids is 2. The fraction of sp³-hybridized carbons (Fsp3) is 0.222. The van der Waals surface area contributed by atoms with Crippen molar-refractivity contribution in [1.82, 2.24) is 4.90 Å². The third-order valence-corrected chi connectivity index (χ3v) is 4.49. The summed E-state index contributed by atoms with van der Waals surface area (Å²) in [5.41, 5.74) is 1.83. The highest BCUT2D eigenvalue weighted by Crippen LogP contribution is 2.29. The van der Waals surface area contributed by atoms with Gasteiger partial charge >= 0.3 is 6.03 Å². The summed E-state index contributed by atoms with van der Waals surface area (Å²) in [4.78, 5) is 27.6. The summed E-state index contributed by atoms with van der Waals surface area (Å²) in [6, 6.07) is 10.5. The number of urea groups is 1. The summed E-state index contributed by atoms with van der Waals surface area (Å²) in [6.45, 7) is 3.41. The predicted octanol–water partition coefficient (Wildman–Crippen LogP) is 4.14. The maximum absolute atomic E-state index is 14.0. The second-order valence-electron chi connectivity index (χ2n) is 5.79. The second-order valence-corrected chi connectivity index (χ2v) is 6.20. The second kappa shape index (κ2) is 6.24. The zero-order valence-electron chi connectivity index (χ0n) is 13.3. The van der Waals surface area contributed by atoms with E-state index < -0.39 is 17.9 Å². The molecule has 4 nitrogen and oxygen atoms in total. The van der Waals surface area contributed by atoms with Crippen molar-refractivity contribution in [3.8, 4) is 0 Å². The van der Waals surface area contributed by atoms with Crippen molar-refractivity contribution in [3.05, 3.63) is 64.4 Å². The van der Waals surface area contributed by atoms with Crippen molar-refractivity contribution < 1.29 is 14.0 Å². The molecule has 0 spiro atoms. The van der Waals surface area contributed by atoms with Gasteiger partial charge in [0.2, 0.25) is 0 Å². The van der Waals surface area contributed by atoms with Crippen LogP contribution in [-0.2, 0) is 11.3 Å². The first-order chi connectivity index (χ1) is 11.4. The summed E-state index contributed by atoms with van der Waals surface area (Å²) in [5, 5.41) is 0.192. The van der Waals surface area contributed by atoms with E-state index in [1.54, 1.807) is 19.1 Å². The van der Waals surface area contributed by atoms with Crippen LogP contribution in [0.2, 0.25) is 5.02 Å². The minimum Gasteiger partial charge on any atom is -0.282 e. The maximum Gasteiger partial charge on any atom is 0.332 e. The molecule has 124 valence electrons. The molecule has 0 aromatic heterocycles. The maximum atomic E-state index is 14.0. The van der Waals surface area contributed by atoms with Gasteiger partial charge in [-0.1, -0.05) is 35.4 Å². The highest BCUT2D eigenvalue weighted by atomic mass is 35.5. The number of carbonyl (C=O) groups is 2. The molecule has 0 aliphatic carbocycles. The molecule has 1 heterocycles. The van der Waals surface area contributed by atoms with E-state index in [1.165, 1.54) is 23.1 Å². The van der Waals surface area contributed by atoms with Crippen LogP contribution in [-0.4, -0.2) is 22.9 Å². The Morgan fingerprint density at radius 3 is 2.42 bits per heavy atom. The van der Waals surface area contributed by atoms with Crippen LogP contribution in [0.1, 0.15) is 18.1 Å². The zero-order valence-corrected chi connectivity index (χ0v) is 14.0. The summed E-state index contributed by atoms with van der Waals surface area (Å²) in [6.07, 6.45) is 0. The molecule has 1 fully saturated rings. The molecular weight excluding hydrogens is 331 g/mol. The van der Waals surface area contributed by atoms with Crippen LogP contribution in [0.15, 0.2) is 42.5 Å². The highest BCUT2D eigenvalue weighted by molar-refractivity contribution is 6.31. The number of hydrogen-bond donors (Lipinski definition) is 0. The van der Waals surface area contributed by atoms with Crippen molar-refractivity contribution in [3.63, 3.8) is 0 Å². The molecule has 1 aliphatic heterocycles. The predicted molar refractivity (Wildman–Crippen MR) is 90.5 cm³/mol. The molecule has 2 aromatic carbocycles. The lowest BCUT2D eigenvalue weighted by Crippen LogP contribution is -2.33. The largest absolute Gasteiger partial charge is 0.332 e. The minimum absolute atomic E-state index is 0.138. The Balaban J connectivity index is 1.92. The molecular formula is C18H16ClFN2O2. The van der Waals surface area contributed by atoms with Gasteiger partial charge in [-0.15, -0.1) is 0 Å². The van der Waals surface area contributed by atoms with Gasteiger partial charge in [-0.2, -0.15) is 0 Å². The number of benzene rings is 2. The lowest BCUT2D eigenvalue weighted by molar-refractivity contribution is -0.127. The van der Waals surface area contributed by atoms with Crippen LogP contribution >= 0.6 is 11.6 Å². The summed E-state index contributed by atoms with van der Waals surface area (Å²) in [5.74, 6) is -0.913. The third-order valence-electron chi connectivity index (χ3n) is 4.14. The molecule has 6 heteroatoms. The van der Waals surface area contributed by atoms with Gasteiger partial charge in [0, 0.05) is 16.3 Å². The monoisotopic (exact) mass is 346 g/mol. The van der Waals surface area contributed by atoms with Crippen LogP contribution in [0.4, 0.5) is 14.9 Å². The van der Waals surface area contributed by atoms with Gasteiger partial charge in [-0.05, 0) is 38.1 Å². The third kappa shape index (κ3) is 2.76. The molecule has 3 amide bonds. The first-order valence-corrected chi connectivity index (χ1v) is 7.92. The zero-order chi connectivity index (χ0) is 17.4. The molecule has 0 unspecified atom stereocenters. The van der Waals surface area contributed by atoms with E-state index in [4.69, 9.17) is 11.6 Å². The number of hydrogen-bond acceptors (Lipinski definition) is 2. The Morgan fingerprint density at radius 2 is 1.79 bits per heavy atom. The van der Waals surface area contributed by atoms with E-state index in [-0.39, 0.29) is 23.0 Å². The lowest BCUT2D eigenvalue weighted by atomic mass is 10.2. The van der Waals surface area contributed by atoms with Crippen molar-refractivity contribution in [2.75, 3.05) is 4.90 Å². The number of nitrogens with zero attached hydrogens (tertiary/aromatic N) is 2. The molecule has 2 aromatic rings. The van der Waals surface area contributed by atoms with Crippen LogP contribution in [0.3, 0.4) is 0 Å². The Kier molecular flexibility index (Phi) is 4.28. The average Bonchev–Trinajstić information content (AvgIpc) is 2.75. The molecule has 3 rings (SSSR count). The van der Waals surface area contributed by atoms with Gasteiger partial charge in [-0.3, -0.25) is 14.6 Å². The normalized spacial score (nSPS) is 17.8. The number of aryl methyl sites for hydroxylation is 1.